The number of halogens is 1. The minimum Gasteiger partial charge on any atom is -0.361 e. The highest BCUT2D eigenvalue weighted by atomic mass is 19.1. The standard InChI is InChI=1S/C24H33FN2O/c1-15(2)18(19-14-26-21-9-6-8-20(25)24(19)21)13-23(28)27-12-11-16(3)17-7-4-5-10-22(17)27/h6,8-9,14-18,22,26H,4-5,7,10-13H2,1-3H3. The number of hydrogen-bond acceptors (Lipinski definition) is 1. The van der Waals surface area contributed by atoms with Crippen LogP contribution < -0.4 is 0 Å². The number of hydrogen-bond donors (Lipinski definition) is 1. The molecular formula is C24H33FN2O. The van der Waals surface area contributed by atoms with Gasteiger partial charge in [-0.15, -0.1) is 0 Å². The molecule has 1 amide bonds. The van der Waals surface area contributed by atoms with Crippen LogP contribution in [0.15, 0.2) is 24.4 Å². The van der Waals surface area contributed by atoms with Gasteiger partial charge in [-0.05, 0) is 60.6 Å². The van der Waals surface area contributed by atoms with Crippen LogP contribution in [-0.4, -0.2) is 28.4 Å². The van der Waals surface area contributed by atoms with E-state index in [9.17, 15) is 9.18 Å². The maximum Gasteiger partial charge on any atom is 0.223 e. The zero-order chi connectivity index (χ0) is 19.8. The van der Waals surface area contributed by atoms with Crippen LogP contribution in [0.1, 0.15) is 70.8 Å². The Kier molecular flexibility index (Phi) is 5.48. The number of aromatic amines is 1. The van der Waals surface area contributed by atoms with Gasteiger partial charge in [0.1, 0.15) is 5.82 Å². The molecule has 4 atom stereocenters. The van der Waals surface area contributed by atoms with Crippen molar-refractivity contribution in [2.75, 3.05) is 6.54 Å². The van der Waals surface area contributed by atoms with Gasteiger partial charge in [-0.3, -0.25) is 4.79 Å². The fourth-order valence-electron chi connectivity index (χ4n) is 5.69. The first-order chi connectivity index (χ1) is 13.5. The van der Waals surface area contributed by atoms with Crippen LogP contribution in [0, 0.1) is 23.6 Å². The van der Waals surface area contributed by atoms with Crippen molar-refractivity contribution in [2.45, 2.75) is 71.3 Å². The molecule has 1 aliphatic heterocycles. The Balaban J connectivity index is 1.59. The van der Waals surface area contributed by atoms with Crippen molar-refractivity contribution in [3.8, 4) is 0 Å². The Morgan fingerprint density at radius 3 is 2.82 bits per heavy atom. The molecule has 28 heavy (non-hydrogen) atoms. The minimum absolute atomic E-state index is 0.0274. The summed E-state index contributed by atoms with van der Waals surface area (Å²) in [5.41, 5.74) is 1.76. The summed E-state index contributed by atoms with van der Waals surface area (Å²) in [5.74, 6) is 1.74. The summed E-state index contributed by atoms with van der Waals surface area (Å²) in [7, 11) is 0. The van der Waals surface area contributed by atoms with E-state index in [0.29, 0.717) is 23.8 Å². The highest BCUT2D eigenvalue weighted by Crippen LogP contribution is 2.41. The molecule has 1 saturated heterocycles. The summed E-state index contributed by atoms with van der Waals surface area (Å²) in [4.78, 5) is 18.8. The number of nitrogens with zero attached hydrogens (tertiary/aromatic N) is 1. The average Bonchev–Trinajstić information content (AvgIpc) is 3.11. The number of piperidine rings is 1. The summed E-state index contributed by atoms with van der Waals surface area (Å²) in [5, 5.41) is 0.650. The second kappa shape index (κ2) is 7.88. The molecule has 2 heterocycles. The maximum atomic E-state index is 14.5. The average molecular weight is 385 g/mol. The van der Waals surface area contributed by atoms with Gasteiger partial charge in [0.2, 0.25) is 5.91 Å². The molecule has 2 aliphatic rings. The highest BCUT2D eigenvalue weighted by molar-refractivity contribution is 5.86. The van der Waals surface area contributed by atoms with E-state index in [1.54, 1.807) is 6.07 Å². The van der Waals surface area contributed by atoms with Crippen LogP contribution in [0.3, 0.4) is 0 Å². The first kappa shape index (κ1) is 19.5. The molecule has 4 rings (SSSR count). The van der Waals surface area contributed by atoms with E-state index < -0.39 is 0 Å². The van der Waals surface area contributed by atoms with Gasteiger partial charge in [-0.1, -0.05) is 39.7 Å². The van der Waals surface area contributed by atoms with Crippen LogP contribution in [0.25, 0.3) is 10.9 Å². The fraction of sp³-hybridized carbons (Fsp3) is 0.625. The van der Waals surface area contributed by atoms with Crippen molar-refractivity contribution >= 4 is 16.8 Å². The molecule has 0 radical (unpaired) electrons. The van der Waals surface area contributed by atoms with Gasteiger partial charge in [0, 0.05) is 36.1 Å². The van der Waals surface area contributed by atoms with E-state index in [2.05, 4.69) is 30.7 Å². The van der Waals surface area contributed by atoms with Crippen molar-refractivity contribution in [1.82, 2.24) is 9.88 Å². The van der Waals surface area contributed by atoms with E-state index in [1.807, 2.05) is 12.3 Å². The molecule has 0 bridgehead atoms. The lowest BCUT2D eigenvalue weighted by atomic mass is 9.72. The van der Waals surface area contributed by atoms with E-state index in [4.69, 9.17) is 0 Å². The van der Waals surface area contributed by atoms with E-state index in [-0.39, 0.29) is 23.6 Å². The number of likely N-dealkylation sites (tertiary alicyclic amines) is 1. The number of H-pyrrole nitrogens is 1. The van der Waals surface area contributed by atoms with Gasteiger partial charge >= 0.3 is 0 Å². The van der Waals surface area contributed by atoms with Crippen molar-refractivity contribution in [2.24, 2.45) is 17.8 Å². The Morgan fingerprint density at radius 2 is 2.04 bits per heavy atom. The maximum absolute atomic E-state index is 14.5. The lowest BCUT2D eigenvalue weighted by Crippen LogP contribution is -2.52. The Bertz CT molecular complexity index is 842. The molecule has 1 N–H and O–H groups in total. The Hall–Kier alpha value is -1.84. The molecule has 1 aromatic carbocycles. The number of amides is 1. The quantitative estimate of drug-likeness (QED) is 0.704. The van der Waals surface area contributed by atoms with E-state index in [0.717, 1.165) is 36.4 Å². The van der Waals surface area contributed by atoms with Gasteiger partial charge in [0.15, 0.2) is 0 Å². The number of benzene rings is 1. The molecule has 2 fully saturated rings. The number of aromatic nitrogens is 1. The largest absolute Gasteiger partial charge is 0.361 e. The van der Waals surface area contributed by atoms with Crippen molar-refractivity contribution in [1.29, 1.82) is 0 Å². The van der Waals surface area contributed by atoms with Crippen LogP contribution in [-0.2, 0) is 4.79 Å². The summed E-state index contributed by atoms with van der Waals surface area (Å²) in [6.07, 6.45) is 8.44. The SMILES string of the molecule is CC(C)C(CC(=O)N1CCC(C)C2CCCCC21)c1c[nH]c2cccc(F)c12. The van der Waals surface area contributed by atoms with Gasteiger partial charge in [0.25, 0.3) is 0 Å². The molecule has 152 valence electrons. The molecule has 4 heteroatoms. The predicted molar refractivity (Wildman–Crippen MR) is 112 cm³/mol. The number of rotatable bonds is 4. The van der Waals surface area contributed by atoms with Crippen molar-refractivity contribution < 1.29 is 9.18 Å². The third kappa shape index (κ3) is 3.46. The summed E-state index contributed by atoms with van der Waals surface area (Å²) < 4.78 is 14.5. The summed E-state index contributed by atoms with van der Waals surface area (Å²) in [6, 6.07) is 5.56. The normalized spacial score (nSPS) is 26.5. The number of nitrogens with one attached hydrogen (secondary N) is 1. The highest BCUT2D eigenvalue weighted by Gasteiger charge is 2.40. The van der Waals surface area contributed by atoms with Crippen LogP contribution in [0.5, 0.6) is 0 Å². The first-order valence-corrected chi connectivity index (χ1v) is 11.0. The van der Waals surface area contributed by atoms with Crippen molar-refractivity contribution in [3.63, 3.8) is 0 Å². The molecule has 1 aliphatic carbocycles. The number of carbonyl (C=O) groups excluding carboxylic acids is 1. The number of carbonyl (C=O) groups is 1. The second-order valence-corrected chi connectivity index (χ2v) is 9.33. The summed E-state index contributed by atoms with van der Waals surface area (Å²) >= 11 is 0. The molecule has 1 saturated carbocycles. The van der Waals surface area contributed by atoms with E-state index in [1.165, 1.54) is 25.3 Å². The molecule has 2 aromatic rings. The monoisotopic (exact) mass is 384 g/mol. The lowest BCUT2D eigenvalue weighted by Gasteiger charge is -2.47. The van der Waals surface area contributed by atoms with Crippen LogP contribution in [0.2, 0.25) is 0 Å². The lowest BCUT2D eigenvalue weighted by molar-refractivity contribution is -0.139. The summed E-state index contributed by atoms with van der Waals surface area (Å²) in [6.45, 7) is 7.52. The molecule has 0 spiro atoms. The molecule has 1 aromatic heterocycles. The van der Waals surface area contributed by atoms with Crippen LogP contribution >= 0.6 is 0 Å². The van der Waals surface area contributed by atoms with E-state index >= 15 is 0 Å². The molecule has 4 unspecified atom stereocenters. The molecular weight excluding hydrogens is 351 g/mol. The third-order valence-corrected chi connectivity index (χ3v) is 7.34. The third-order valence-electron chi connectivity index (χ3n) is 7.34. The predicted octanol–water partition coefficient (Wildman–Crippen LogP) is 5.86. The zero-order valence-corrected chi connectivity index (χ0v) is 17.4. The smallest absolute Gasteiger partial charge is 0.223 e. The second-order valence-electron chi connectivity index (χ2n) is 9.33. The fourth-order valence-corrected chi connectivity index (χ4v) is 5.69. The Morgan fingerprint density at radius 1 is 1.25 bits per heavy atom. The zero-order valence-electron chi connectivity index (χ0n) is 17.4. The molecule has 3 nitrogen and oxygen atoms in total. The van der Waals surface area contributed by atoms with Gasteiger partial charge in [0.05, 0.1) is 0 Å². The van der Waals surface area contributed by atoms with Crippen molar-refractivity contribution in [3.05, 3.63) is 35.8 Å². The topological polar surface area (TPSA) is 36.1 Å². The first-order valence-electron chi connectivity index (χ1n) is 11.0. The van der Waals surface area contributed by atoms with Gasteiger partial charge in [-0.25, -0.2) is 4.39 Å². The number of fused-ring (bicyclic) bond motifs is 2. The minimum atomic E-state index is -0.203. The van der Waals surface area contributed by atoms with Crippen LogP contribution in [0.4, 0.5) is 4.39 Å². The Labute approximate surface area is 167 Å². The van der Waals surface area contributed by atoms with Gasteiger partial charge < -0.3 is 9.88 Å². The van der Waals surface area contributed by atoms with Gasteiger partial charge in [-0.2, -0.15) is 0 Å².